The highest BCUT2D eigenvalue weighted by atomic mass is 16.1. The third-order valence-electron chi connectivity index (χ3n) is 4.16. The molecule has 1 aliphatic rings. The number of carbonyl (C=O) groups excluding carboxylic acids is 1. The summed E-state index contributed by atoms with van der Waals surface area (Å²) in [7, 11) is 0. The van der Waals surface area contributed by atoms with Crippen molar-refractivity contribution in [2.45, 2.75) is 19.8 Å². The summed E-state index contributed by atoms with van der Waals surface area (Å²) in [5, 5.41) is 7.05. The van der Waals surface area contributed by atoms with Crippen molar-refractivity contribution in [2.75, 3.05) is 23.3 Å². The predicted octanol–water partition coefficient (Wildman–Crippen LogP) is 1.68. The van der Waals surface area contributed by atoms with E-state index in [0.29, 0.717) is 22.6 Å². The molecule has 4 rings (SSSR count). The first-order chi connectivity index (χ1) is 11.7. The van der Waals surface area contributed by atoms with Crippen LogP contribution in [0.25, 0.3) is 5.65 Å². The van der Waals surface area contributed by atoms with Crippen LogP contribution in [0.15, 0.2) is 31.0 Å². The van der Waals surface area contributed by atoms with Crippen LogP contribution >= 0.6 is 0 Å². The highest BCUT2D eigenvalue weighted by Gasteiger charge is 2.20. The quantitative estimate of drug-likeness (QED) is 0.789. The van der Waals surface area contributed by atoms with Gasteiger partial charge in [-0.25, -0.2) is 19.5 Å². The van der Waals surface area contributed by atoms with Crippen LogP contribution in [-0.2, 0) is 0 Å². The zero-order chi connectivity index (χ0) is 16.5. The van der Waals surface area contributed by atoms with E-state index in [2.05, 4.69) is 30.3 Å². The van der Waals surface area contributed by atoms with E-state index >= 15 is 0 Å². The van der Waals surface area contributed by atoms with Gasteiger partial charge in [0, 0.05) is 25.4 Å². The molecule has 0 unspecified atom stereocenters. The second-order valence-corrected chi connectivity index (χ2v) is 5.78. The van der Waals surface area contributed by atoms with E-state index in [0.717, 1.165) is 31.7 Å². The van der Waals surface area contributed by atoms with Gasteiger partial charge in [-0.15, -0.1) is 0 Å². The molecule has 1 saturated heterocycles. The summed E-state index contributed by atoms with van der Waals surface area (Å²) in [5.41, 5.74) is 2.46. The van der Waals surface area contributed by atoms with E-state index in [4.69, 9.17) is 0 Å². The zero-order valence-corrected chi connectivity index (χ0v) is 13.3. The molecule has 0 saturated carbocycles. The minimum absolute atomic E-state index is 0.243. The Kier molecular flexibility index (Phi) is 3.56. The molecule has 0 bridgehead atoms. The molecule has 1 aliphatic heterocycles. The summed E-state index contributed by atoms with van der Waals surface area (Å²) in [6, 6.07) is 1.80. The molecule has 0 aliphatic carbocycles. The Morgan fingerprint density at radius 1 is 1.29 bits per heavy atom. The summed E-state index contributed by atoms with van der Waals surface area (Å²) in [4.78, 5) is 27.6. The minimum atomic E-state index is -0.243. The van der Waals surface area contributed by atoms with E-state index < -0.39 is 0 Å². The first-order valence-corrected chi connectivity index (χ1v) is 7.89. The molecular weight excluding hydrogens is 306 g/mol. The van der Waals surface area contributed by atoms with Crippen molar-refractivity contribution >= 4 is 23.1 Å². The molecule has 24 heavy (non-hydrogen) atoms. The molecule has 8 heteroatoms. The molecule has 0 atom stereocenters. The van der Waals surface area contributed by atoms with Crippen molar-refractivity contribution in [1.29, 1.82) is 0 Å². The molecule has 3 aromatic rings. The summed E-state index contributed by atoms with van der Waals surface area (Å²) in [5.74, 6) is 0.522. The zero-order valence-electron chi connectivity index (χ0n) is 13.3. The standard InChI is InChI=1S/C16H17N7O/c1-11-12(9-23-14(20-11)4-5-19-23)16(24)21-13-8-17-10-18-15(13)22-6-2-3-7-22/h4-5,8-10H,2-3,6-7H2,1H3,(H,21,24). The number of nitrogens with one attached hydrogen (secondary N) is 1. The largest absolute Gasteiger partial charge is 0.355 e. The average molecular weight is 323 g/mol. The second-order valence-electron chi connectivity index (χ2n) is 5.78. The Bertz CT molecular complexity index is 898. The maximum atomic E-state index is 12.7. The average Bonchev–Trinajstić information content (AvgIpc) is 3.25. The molecule has 1 N–H and O–H groups in total. The van der Waals surface area contributed by atoms with Crippen LogP contribution < -0.4 is 10.2 Å². The van der Waals surface area contributed by atoms with E-state index in [1.165, 1.54) is 6.33 Å². The monoisotopic (exact) mass is 323 g/mol. The molecule has 4 heterocycles. The normalized spacial score (nSPS) is 14.3. The van der Waals surface area contributed by atoms with Crippen molar-refractivity contribution in [3.05, 3.63) is 42.2 Å². The Morgan fingerprint density at radius 2 is 2.12 bits per heavy atom. The Hall–Kier alpha value is -3.03. The van der Waals surface area contributed by atoms with Gasteiger partial charge in [0.2, 0.25) is 0 Å². The Labute approximate surface area is 138 Å². The topological polar surface area (TPSA) is 88.3 Å². The lowest BCUT2D eigenvalue weighted by molar-refractivity contribution is 0.102. The Balaban J connectivity index is 1.65. The van der Waals surface area contributed by atoms with Gasteiger partial charge in [-0.3, -0.25) is 4.79 Å². The van der Waals surface area contributed by atoms with Gasteiger partial charge in [-0.05, 0) is 19.8 Å². The highest BCUT2D eigenvalue weighted by molar-refractivity contribution is 6.06. The van der Waals surface area contributed by atoms with Gasteiger partial charge >= 0.3 is 0 Å². The van der Waals surface area contributed by atoms with E-state index in [9.17, 15) is 4.79 Å². The summed E-state index contributed by atoms with van der Waals surface area (Å²) >= 11 is 0. The number of amides is 1. The van der Waals surface area contributed by atoms with E-state index in [1.54, 1.807) is 29.2 Å². The van der Waals surface area contributed by atoms with Crippen molar-refractivity contribution in [2.24, 2.45) is 0 Å². The predicted molar refractivity (Wildman–Crippen MR) is 89.2 cm³/mol. The van der Waals surface area contributed by atoms with Crippen LogP contribution in [0, 0.1) is 6.92 Å². The van der Waals surface area contributed by atoms with Crippen molar-refractivity contribution < 1.29 is 4.79 Å². The van der Waals surface area contributed by atoms with E-state index in [-0.39, 0.29) is 5.91 Å². The summed E-state index contributed by atoms with van der Waals surface area (Å²) < 4.78 is 1.59. The minimum Gasteiger partial charge on any atom is -0.355 e. The molecule has 0 radical (unpaired) electrons. The second kappa shape index (κ2) is 5.88. The van der Waals surface area contributed by atoms with Crippen LogP contribution in [0.1, 0.15) is 28.9 Å². The van der Waals surface area contributed by atoms with Gasteiger partial charge in [-0.1, -0.05) is 0 Å². The summed E-state index contributed by atoms with van der Waals surface area (Å²) in [6.07, 6.45) is 8.75. The molecule has 122 valence electrons. The number of hydrogen-bond donors (Lipinski definition) is 1. The van der Waals surface area contributed by atoms with Gasteiger partial charge in [0.05, 0.1) is 23.7 Å². The molecule has 1 amide bonds. The number of fused-ring (bicyclic) bond motifs is 1. The van der Waals surface area contributed by atoms with Gasteiger partial charge in [0.15, 0.2) is 11.5 Å². The van der Waals surface area contributed by atoms with Gasteiger partial charge < -0.3 is 10.2 Å². The third kappa shape index (κ3) is 2.55. The fraction of sp³-hybridized carbons (Fsp3) is 0.312. The van der Waals surface area contributed by atoms with Crippen LogP contribution in [0.3, 0.4) is 0 Å². The van der Waals surface area contributed by atoms with Gasteiger partial charge in [0.1, 0.15) is 12.0 Å². The number of carbonyl (C=O) groups is 1. The fourth-order valence-corrected chi connectivity index (χ4v) is 2.95. The molecule has 1 fully saturated rings. The number of rotatable bonds is 3. The SMILES string of the molecule is Cc1nc2ccnn2cc1C(=O)Nc1cncnc1N1CCCC1. The molecule has 3 aromatic heterocycles. The van der Waals surface area contributed by atoms with Crippen LogP contribution in [0.5, 0.6) is 0 Å². The van der Waals surface area contributed by atoms with Crippen LogP contribution in [0.2, 0.25) is 0 Å². The van der Waals surface area contributed by atoms with E-state index in [1.807, 2.05) is 6.92 Å². The maximum absolute atomic E-state index is 12.7. The number of hydrogen-bond acceptors (Lipinski definition) is 6. The van der Waals surface area contributed by atoms with Gasteiger partial charge in [0.25, 0.3) is 5.91 Å². The van der Waals surface area contributed by atoms with Crippen LogP contribution in [-0.4, -0.2) is 43.6 Å². The number of aryl methyl sites for hydroxylation is 1. The van der Waals surface area contributed by atoms with Crippen molar-refractivity contribution in [3.8, 4) is 0 Å². The molecule has 0 aromatic carbocycles. The van der Waals surface area contributed by atoms with Gasteiger partial charge in [-0.2, -0.15) is 5.10 Å². The first kappa shape index (κ1) is 14.6. The highest BCUT2D eigenvalue weighted by Crippen LogP contribution is 2.26. The number of nitrogens with zero attached hydrogens (tertiary/aromatic N) is 6. The molecule has 0 spiro atoms. The van der Waals surface area contributed by atoms with Crippen LogP contribution in [0.4, 0.5) is 11.5 Å². The first-order valence-electron chi connectivity index (χ1n) is 7.89. The fourth-order valence-electron chi connectivity index (χ4n) is 2.95. The number of anilines is 2. The van der Waals surface area contributed by atoms with Crippen molar-refractivity contribution in [1.82, 2.24) is 24.6 Å². The molecule has 8 nitrogen and oxygen atoms in total. The lowest BCUT2D eigenvalue weighted by atomic mass is 10.2. The lowest BCUT2D eigenvalue weighted by Crippen LogP contribution is -2.23. The Morgan fingerprint density at radius 3 is 2.96 bits per heavy atom. The number of aromatic nitrogens is 5. The lowest BCUT2D eigenvalue weighted by Gasteiger charge is -2.19. The smallest absolute Gasteiger partial charge is 0.259 e. The third-order valence-corrected chi connectivity index (χ3v) is 4.16. The summed E-state index contributed by atoms with van der Waals surface area (Å²) in [6.45, 7) is 3.70. The molecular formula is C16H17N7O. The van der Waals surface area contributed by atoms with Crippen molar-refractivity contribution in [3.63, 3.8) is 0 Å². The maximum Gasteiger partial charge on any atom is 0.259 e.